The third-order valence-corrected chi connectivity index (χ3v) is 4.74. The fourth-order valence-corrected chi connectivity index (χ4v) is 3.21. The topological polar surface area (TPSA) is 73.3 Å². The lowest BCUT2D eigenvalue weighted by molar-refractivity contribution is -0.118. The van der Waals surface area contributed by atoms with Gasteiger partial charge in [0, 0.05) is 6.61 Å². The molecular formula is C16H19N3O3S. The molecule has 23 heavy (non-hydrogen) atoms. The second kappa shape index (κ2) is 7.06. The number of nitrogens with zero attached hydrogens (tertiary/aromatic N) is 2. The molecule has 1 atom stereocenters. The van der Waals surface area contributed by atoms with Crippen LogP contribution in [0.4, 0.5) is 5.13 Å². The van der Waals surface area contributed by atoms with E-state index in [0.717, 1.165) is 41.3 Å². The average Bonchev–Trinajstić information content (AvgIpc) is 3.19. The summed E-state index contributed by atoms with van der Waals surface area (Å²) in [7, 11) is 0. The summed E-state index contributed by atoms with van der Waals surface area (Å²) in [4.78, 5) is 12.0. The molecule has 122 valence electrons. The van der Waals surface area contributed by atoms with Gasteiger partial charge in [0.1, 0.15) is 16.9 Å². The van der Waals surface area contributed by atoms with Gasteiger partial charge in [0.2, 0.25) is 5.13 Å². The lowest BCUT2D eigenvalue weighted by Crippen LogP contribution is -2.20. The van der Waals surface area contributed by atoms with E-state index in [4.69, 9.17) is 9.47 Å². The third-order valence-electron chi connectivity index (χ3n) is 3.81. The number of aromatic nitrogens is 2. The molecular weight excluding hydrogens is 314 g/mol. The minimum absolute atomic E-state index is 0.0179. The number of hydrogen-bond donors (Lipinski definition) is 1. The van der Waals surface area contributed by atoms with E-state index < -0.39 is 0 Å². The normalized spacial score (nSPS) is 17.2. The SMILES string of the molecule is Cc1cccc(OCC(=O)Nc2nnc(C3CCCO3)s2)c1C. The van der Waals surface area contributed by atoms with Gasteiger partial charge in [-0.15, -0.1) is 10.2 Å². The molecule has 1 N–H and O–H groups in total. The Morgan fingerprint density at radius 3 is 3.09 bits per heavy atom. The van der Waals surface area contributed by atoms with Gasteiger partial charge >= 0.3 is 0 Å². The quantitative estimate of drug-likeness (QED) is 0.910. The molecule has 0 radical (unpaired) electrons. The number of hydrogen-bond acceptors (Lipinski definition) is 6. The zero-order valence-electron chi connectivity index (χ0n) is 13.2. The highest BCUT2D eigenvalue weighted by molar-refractivity contribution is 7.15. The predicted octanol–water partition coefficient (Wildman–Crippen LogP) is 3.02. The summed E-state index contributed by atoms with van der Waals surface area (Å²) >= 11 is 1.35. The number of carbonyl (C=O) groups excluding carboxylic acids is 1. The number of rotatable bonds is 5. The number of aryl methyl sites for hydroxylation is 1. The molecule has 1 aliphatic heterocycles. The van der Waals surface area contributed by atoms with E-state index in [1.165, 1.54) is 11.3 Å². The summed E-state index contributed by atoms with van der Waals surface area (Å²) in [6.07, 6.45) is 2.01. The van der Waals surface area contributed by atoms with Crippen LogP contribution in [-0.4, -0.2) is 29.3 Å². The monoisotopic (exact) mass is 333 g/mol. The highest BCUT2D eigenvalue weighted by Crippen LogP contribution is 2.31. The van der Waals surface area contributed by atoms with Gasteiger partial charge in [0.15, 0.2) is 6.61 Å². The van der Waals surface area contributed by atoms with Crippen LogP contribution >= 0.6 is 11.3 Å². The summed E-state index contributed by atoms with van der Waals surface area (Å²) in [5.74, 6) is 0.471. The molecule has 2 aromatic rings. The van der Waals surface area contributed by atoms with Gasteiger partial charge in [-0.25, -0.2) is 0 Å². The van der Waals surface area contributed by atoms with Crippen molar-refractivity contribution in [3.63, 3.8) is 0 Å². The molecule has 1 aromatic heterocycles. The Morgan fingerprint density at radius 1 is 1.43 bits per heavy atom. The first-order valence-corrected chi connectivity index (χ1v) is 8.39. The van der Waals surface area contributed by atoms with Crippen molar-refractivity contribution in [1.29, 1.82) is 0 Å². The van der Waals surface area contributed by atoms with Gasteiger partial charge in [-0.1, -0.05) is 23.5 Å². The average molecular weight is 333 g/mol. The van der Waals surface area contributed by atoms with Crippen LogP contribution in [0.2, 0.25) is 0 Å². The van der Waals surface area contributed by atoms with Crippen molar-refractivity contribution >= 4 is 22.4 Å². The van der Waals surface area contributed by atoms with Crippen LogP contribution in [-0.2, 0) is 9.53 Å². The van der Waals surface area contributed by atoms with E-state index in [-0.39, 0.29) is 18.6 Å². The smallest absolute Gasteiger partial charge is 0.264 e. The molecule has 1 saturated heterocycles. The second-order valence-corrected chi connectivity index (χ2v) is 6.49. The highest BCUT2D eigenvalue weighted by Gasteiger charge is 2.22. The minimum atomic E-state index is -0.249. The molecule has 2 heterocycles. The highest BCUT2D eigenvalue weighted by atomic mass is 32.1. The Kier molecular flexibility index (Phi) is 4.88. The fourth-order valence-electron chi connectivity index (χ4n) is 2.37. The van der Waals surface area contributed by atoms with Gasteiger partial charge in [-0.05, 0) is 43.9 Å². The van der Waals surface area contributed by atoms with Crippen molar-refractivity contribution in [2.45, 2.75) is 32.8 Å². The molecule has 7 heteroatoms. The summed E-state index contributed by atoms with van der Waals surface area (Å²) in [6.45, 7) is 4.69. The predicted molar refractivity (Wildman–Crippen MR) is 87.9 cm³/mol. The zero-order valence-corrected chi connectivity index (χ0v) is 14.0. The molecule has 0 bridgehead atoms. The van der Waals surface area contributed by atoms with Crippen LogP contribution in [0.15, 0.2) is 18.2 Å². The van der Waals surface area contributed by atoms with E-state index in [1.807, 2.05) is 32.0 Å². The summed E-state index contributed by atoms with van der Waals surface area (Å²) in [5, 5.41) is 12.1. The first kappa shape index (κ1) is 15.9. The molecule has 0 spiro atoms. The Bertz CT molecular complexity index is 696. The molecule has 1 amide bonds. The number of ether oxygens (including phenoxy) is 2. The van der Waals surface area contributed by atoms with Crippen molar-refractivity contribution in [3.05, 3.63) is 34.3 Å². The molecule has 6 nitrogen and oxygen atoms in total. The van der Waals surface area contributed by atoms with Gasteiger partial charge in [-0.3, -0.25) is 10.1 Å². The van der Waals surface area contributed by atoms with Crippen molar-refractivity contribution < 1.29 is 14.3 Å². The molecule has 1 aliphatic rings. The first-order valence-electron chi connectivity index (χ1n) is 7.57. The van der Waals surface area contributed by atoms with E-state index in [2.05, 4.69) is 15.5 Å². The molecule has 1 unspecified atom stereocenters. The van der Waals surface area contributed by atoms with Crippen LogP contribution in [0.1, 0.15) is 35.1 Å². The molecule has 0 aliphatic carbocycles. The zero-order chi connectivity index (χ0) is 16.2. The molecule has 1 fully saturated rings. The third kappa shape index (κ3) is 3.86. The van der Waals surface area contributed by atoms with Gasteiger partial charge in [0.25, 0.3) is 5.91 Å². The van der Waals surface area contributed by atoms with Crippen LogP contribution < -0.4 is 10.1 Å². The van der Waals surface area contributed by atoms with E-state index in [9.17, 15) is 4.79 Å². The Labute approximate surface area is 138 Å². The molecule has 3 rings (SSSR count). The molecule has 0 saturated carbocycles. The van der Waals surface area contributed by atoms with Gasteiger partial charge in [0.05, 0.1) is 0 Å². The lowest BCUT2D eigenvalue weighted by Gasteiger charge is -2.10. The van der Waals surface area contributed by atoms with E-state index in [0.29, 0.717) is 5.13 Å². The fraction of sp³-hybridized carbons (Fsp3) is 0.438. The standard InChI is InChI=1S/C16H19N3O3S/c1-10-5-3-6-12(11(10)2)22-9-14(20)17-16-19-18-15(23-16)13-7-4-8-21-13/h3,5-6,13H,4,7-9H2,1-2H3,(H,17,19,20). The van der Waals surface area contributed by atoms with Gasteiger partial charge in [-0.2, -0.15) is 0 Å². The van der Waals surface area contributed by atoms with Gasteiger partial charge < -0.3 is 9.47 Å². The lowest BCUT2D eigenvalue weighted by atomic mass is 10.1. The Hall–Kier alpha value is -1.99. The van der Waals surface area contributed by atoms with Crippen molar-refractivity contribution in [2.75, 3.05) is 18.5 Å². The maximum Gasteiger partial charge on any atom is 0.264 e. The largest absolute Gasteiger partial charge is 0.483 e. The first-order chi connectivity index (χ1) is 11.1. The number of anilines is 1. The van der Waals surface area contributed by atoms with Crippen LogP contribution in [0.5, 0.6) is 5.75 Å². The van der Waals surface area contributed by atoms with Crippen LogP contribution in [0.25, 0.3) is 0 Å². The minimum Gasteiger partial charge on any atom is -0.483 e. The number of amides is 1. The van der Waals surface area contributed by atoms with E-state index in [1.54, 1.807) is 0 Å². The summed E-state index contributed by atoms with van der Waals surface area (Å²) < 4.78 is 11.1. The Balaban J connectivity index is 1.54. The number of nitrogens with one attached hydrogen (secondary N) is 1. The number of benzene rings is 1. The maximum atomic E-state index is 12.0. The van der Waals surface area contributed by atoms with Crippen LogP contribution in [0.3, 0.4) is 0 Å². The van der Waals surface area contributed by atoms with Crippen LogP contribution in [0, 0.1) is 13.8 Å². The summed E-state index contributed by atoms with van der Waals surface area (Å²) in [6, 6.07) is 5.78. The van der Waals surface area contributed by atoms with Crippen molar-refractivity contribution in [1.82, 2.24) is 10.2 Å². The Morgan fingerprint density at radius 2 is 2.30 bits per heavy atom. The second-order valence-electron chi connectivity index (χ2n) is 5.48. The summed E-state index contributed by atoms with van der Waals surface area (Å²) in [5.41, 5.74) is 2.17. The van der Waals surface area contributed by atoms with E-state index >= 15 is 0 Å². The van der Waals surface area contributed by atoms with Crippen molar-refractivity contribution in [2.24, 2.45) is 0 Å². The number of carbonyl (C=O) groups is 1. The van der Waals surface area contributed by atoms with Crippen molar-refractivity contribution in [3.8, 4) is 5.75 Å². The maximum absolute atomic E-state index is 12.0. The molecule has 1 aromatic carbocycles.